The molecular formula is C19H20F3N3O. The van der Waals surface area contributed by atoms with Crippen LogP contribution in [0.2, 0.25) is 0 Å². The molecule has 1 amide bonds. The molecule has 0 saturated carbocycles. The molecule has 4 nitrogen and oxygen atoms in total. The Morgan fingerprint density at radius 2 is 1.62 bits per heavy atom. The van der Waals surface area contributed by atoms with E-state index in [-0.39, 0.29) is 5.91 Å². The first-order valence-corrected chi connectivity index (χ1v) is 8.38. The van der Waals surface area contributed by atoms with Gasteiger partial charge in [-0.1, -0.05) is 36.4 Å². The van der Waals surface area contributed by atoms with Crippen LogP contribution in [-0.2, 0) is 11.0 Å². The number of piperazine rings is 1. The normalized spacial score (nSPS) is 16.5. The molecule has 26 heavy (non-hydrogen) atoms. The van der Waals surface area contributed by atoms with Gasteiger partial charge in [0.05, 0.1) is 5.56 Å². The molecule has 1 saturated heterocycles. The molecule has 2 aromatic carbocycles. The number of amides is 1. The Labute approximate surface area is 150 Å². The van der Waals surface area contributed by atoms with Crippen molar-refractivity contribution < 1.29 is 18.0 Å². The van der Waals surface area contributed by atoms with Gasteiger partial charge in [-0.2, -0.15) is 13.2 Å². The number of nitrogens with zero attached hydrogens (tertiary/aromatic N) is 2. The summed E-state index contributed by atoms with van der Waals surface area (Å²) in [6.07, 6.45) is -4.36. The molecule has 0 bridgehead atoms. The van der Waals surface area contributed by atoms with Crippen molar-refractivity contribution in [2.24, 2.45) is 5.73 Å². The summed E-state index contributed by atoms with van der Waals surface area (Å²) in [5.41, 5.74) is 6.65. The monoisotopic (exact) mass is 363 g/mol. The first kappa shape index (κ1) is 18.3. The van der Waals surface area contributed by atoms with Gasteiger partial charge in [-0.15, -0.1) is 0 Å². The summed E-state index contributed by atoms with van der Waals surface area (Å²) in [6.45, 7) is 1.79. The molecule has 0 aromatic heterocycles. The van der Waals surface area contributed by atoms with Crippen molar-refractivity contribution in [3.8, 4) is 0 Å². The molecule has 2 aromatic rings. The number of anilines is 1. The highest BCUT2D eigenvalue weighted by atomic mass is 19.4. The molecule has 0 radical (unpaired) electrons. The van der Waals surface area contributed by atoms with Crippen LogP contribution in [0, 0.1) is 0 Å². The number of benzene rings is 2. The third-order valence-electron chi connectivity index (χ3n) is 4.55. The van der Waals surface area contributed by atoms with E-state index in [0.717, 1.165) is 17.7 Å². The lowest BCUT2D eigenvalue weighted by molar-refractivity contribution is -0.137. The second kappa shape index (κ2) is 7.37. The second-order valence-electron chi connectivity index (χ2n) is 6.25. The minimum atomic E-state index is -4.36. The average Bonchev–Trinajstić information content (AvgIpc) is 2.67. The van der Waals surface area contributed by atoms with Crippen molar-refractivity contribution in [2.75, 3.05) is 31.1 Å². The number of hydrogen-bond donors (Lipinski definition) is 1. The van der Waals surface area contributed by atoms with Gasteiger partial charge in [-0.3, -0.25) is 4.79 Å². The highest BCUT2D eigenvalue weighted by Crippen LogP contribution is 2.32. The molecular weight excluding hydrogens is 343 g/mol. The van der Waals surface area contributed by atoms with Crippen LogP contribution in [0.25, 0.3) is 0 Å². The summed E-state index contributed by atoms with van der Waals surface area (Å²) in [4.78, 5) is 16.1. The summed E-state index contributed by atoms with van der Waals surface area (Å²) < 4.78 is 38.6. The second-order valence-corrected chi connectivity index (χ2v) is 6.25. The number of hydrogen-bond acceptors (Lipinski definition) is 3. The predicted octanol–water partition coefficient (Wildman–Crippen LogP) is 3.05. The number of alkyl halides is 3. The van der Waals surface area contributed by atoms with Gasteiger partial charge in [0, 0.05) is 31.9 Å². The van der Waals surface area contributed by atoms with Gasteiger partial charge in [0.15, 0.2) is 0 Å². The fraction of sp³-hybridized carbons (Fsp3) is 0.316. The molecule has 1 atom stereocenters. The van der Waals surface area contributed by atoms with Crippen molar-refractivity contribution in [3.63, 3.8) is 0 Å². The Bertz CT molecular complexity index is 756. The summed E-state index contributed by atoms with van der Waals surface area (Å²) in [5, 5.41) is 0. The molecule has 138 valence electrons. The van der Waals surface area contributed by atoms with Crippen LogP contribution in [0.3, 0.4) is 0 Å². The Kier molecular flexibility index (Phi) is 5.18. The van der Waals surface area contributed by atoms with E-state index < -0.39 is 17.8 Å². The lowest BCUT2D eigenvalue weighted by Gasteiger charge is -2.37. The molecule has 1 heterocycles. The van der Waals surface area contributed by atoms with E-state index in [0.29, 0.717) is 31.9 Å². The molecule has 2 N–H and O–H groups in total. The summed E-state index contributed by atoms with van der Waals surface area (Å²) in [5.74, 6) is -0.167. The van der Waals surface area contributed by atoms with Gasteiger partial charge in [-0.25, -0.2) is 0 Å². The van der Waals surface area contributed by atoms with Gasteiger partial charge < -0.3 is 15.5 Å². The Hall–Kier alpha value is -2.54. The maximum absolute atomic E-state index is 12.9. The SMILES string of the molecule is N[C@@H](C(=O)N1CCN(c2cccc(C(F)(F)F)c2)CC1)c1ccccc1. The van der Waals surface area contributed by atoms with Crippen molar-refractivity contribution >= 4 is 11.6 Å². The molecule has 1 aliphatic heterocycles. The van der Waals surface area contributed by atoms with Gasteiger partial charge >= 0.3 is 6.18 Å². The van der Waals surface area contributed by atoms with Gasteiger partial charge in [0.25, 0.3) is 0 Å². The maximum atomic E-state index is 12.9. The molecule has 3 rings (SSSR count). The summed E-state index contributed by atoms with van der Waals surface area (Å²) in [6, 6.07) is 13.7. The zero-order chi connectivity index (χ0) is 18.7. The van der Waals surface area contributed by atoms with E-state index in [1.54, 1.807) is 23.1 Å². The van der Waals surface area contributed by atoms with Crippen molar-refractivity contribution in [3.05, 3.63) is 65.7 Å². The van der Waals surface area contributed by atoms with Crippen LogP contribution in [0.1, 0.15) is 17.2 Å². The van der Waals surface area contributed by atoms with E-state index in [4.69, 9.17) is 5.73 Å². The van der Waals surface area contributed by atoms with Gasteiger partial charge in [0.1, 0.15) is 6.04 Å². The topological polar surface area (TPSA) is 49.6 Å². The lowest BCUT2D eigenvalue weighted by atomic mass is 10.1. The predicted molar refractivity (Wildman–Crippen MR) is 93.6 cm³/mol. The number of halogens is 3. The third kappa shape index (κ3) is 3.99. The van der Waals surface area contributed by atoms with Gasteiger partial charge in [-0.05, 0) is 23.8 Å². The van der Waals surface area contributed by atoms with E-state index in [1.807, 2.05) is 23.1 Å². The van der Waals surface area contributed by atoms with E-state index in [1.165, 1.54) is 6.07 Å². The minimum Gasteiger partial charge on any atom is -0.368 e. The maximum Gasteiger partial charge on any atom is 0.416 e. The fourth-order valence-corrected chi connectivity index (χ4v) is 3.06. The highest BCUT2D eigenvalue weighted by molar-refractivity contribution is 5.83. The van der Waals surface area contributed by atoms with Crippen molar-refractivity contribution in [1.82, 2.24) is 4.90 Å². The molecule has 0 spiro atoms. The van der Waals surface area contributed by atoms with E-state index in [2.05, 4.69) is 0 Å². The quantitative estimate of drug-likeness (QED) is 0.912. The van der Waals surface area contributed by atoms with E-state index >= 15 is 0 Å². The third-order valence-corrected chi connectivity index (χ3v) is 4.55. The number of rotatable bonds is 3. The van der Waals surface area contributed by atoms with Crippen LogP contribution in [-0.4, -0.2) is 37.0 Å². The molecule has 1 aliphatic rings. The first-order valence-electron chi connectivity index (χ1n) is 8.38. The number of nitrogens with two attached hydrogens (primary N) is 1. The summed E-state index contributed by atoms with van der Waals surface area (Å²) >= 11 is 0. The molecule has 0 aliphatic carbocycles. The number of carbonyl (C=O) groups is 1. The first-order chi connectivity index (χ1) is 12.4. The van der Waals surface area contributed by atoms with E-state index in [9.17, 15) is 18.0 Å². The highest BCUT2D eigenvalue weighted by Gasteiger charge is 2.31. The Balaban J connectivity index is 1.63. The van der Waals surface area contributed by atoms with Crippen LogP contribution in [0.4, 0.5) is 18.9 Å². The smallest absolute Gasteiger partial charge is 0.368 e. The van der Waals surface area contributed by atoms with Crippen LogP contribution < -0.4 is 10.6 Å². The summed E-state index contributed by atoms with van der Waals surface area (Å²) in [7, 11) is 0. The fourth-order valence-electron chi connectivity index (χ4n) is 3.06. The van der Waals surface area contributed by atoms with Crippen LogP contribution in [0.15, 0.2) is 54.6 Å². The lowest BCUT2D eigenvalue weighted by Crippen LogP contribution is -2.51. The number of carbonyl (C=O) groups excluding carboxylic acids is 1. The van der Waals surface area contributed by atoms with Crippen molar-refractivity contribution in [2.45, 2.75) is 12.2 Å². The average molecular weight is 363 g/mol. The zero-order valence-corrected chi connectivity index (χ0v) is 14.1. The molecule has 0 unspecified atom stereocenters. The zero-order valence-electron chi connectivity index (χ0n) is 14.1. The van der Waals surface area contributed by atoms with Gasteiger partial charge in [0.2, 0.25) is 5.91 Å². The Morgan fingerprint density at radius 1 is 0.962 bits per heavy atom. The molecule has 1 fully saturated rings. The Morgan fingerprint density at radius 3 is 2.23 bits per heavy atom. The minimum absolute atomic E-state index is 0.167. The molecule has 7 heteroatoms. The standard InChI is InChI=1S/C19H20F3N3O/c20-19(21,22)15-7-4-8-16(13-15)24-9-11-25(12-10-24)18(26)17(23)14-5-2-1-3-6-14/h1-8,13,17H,9-12,23H2/t17-/m1/s1. The van der Waals surface area contributed by atoms with Crippen LogP contribution in [0.5, 0.6) is 0 Å². The largest absolute Gasteiger partial charge is 0.416 e. The van der Waals surface area contributed by atoms with Crippen molar-refractivity contribution in [1.29, 1.82) is 0 Å². The van der Waals surface area contributed by atoms with Crippen LogP contribution >= 0.6 is 0 Å².